The minimum absolute atomic E-state index is 0.273. The summed E-state index contributed by atoms with van der Waals surface area (Å²) in [5, 5.41) is 1.93. The number of allylic oxidation sites excluding steroid dienone is 2. The van der Waals surface area contributed by atoms with Crippen molar-refractivity contribution < 1.29 is 0 Å². The second kappa shape index (κ2) is 6.13. The van der Waals surface area contributed by atoms with Gasteiger partial charge >= 0.3 is 0 Å². The molecule has 0 aromatic carbocycles. The van der Waals surface area contributed by atoms with Crippen LogP contribution in [0.4, 0.5) is 0 Å². The van der Waals surface area contributed by atoms with Crippen molar-refractivity contribution in [2.45, 2.75) is 61.3 Å². The lowest BCUT2D eigenvalue weighted by Gasteiger charge is -2.46. The maximum absolute atomic E-state index is 4.24. The third kappa shape index (κ3) is 4.54. The Hall–Kier alpha value is -0.170. The van der Waals surface area contributed by atoms with E-state index >= 15 is 0 Å². The molecule has 1 atom stereocenters. The number of hydrogen-bond acceptors (Lipinski definition) is 1. The lowest BCUT2D eigenvalue weighted by Crippen LogP contribution is -2.38. The van der Waals surface area contributed by atoms with Gasteiger partial charge in [-0.3, -0.25) is 0 Å². The van der Waals surface area contributed by atoms with E-state index in [4.69, 9.17) is 0 Å². The molecule has 0 aliphatic heterocycles. The van der Waals surface area contributed by atoms with Crippen LogP contribution in [-0.4, -0.2) is 0 Å². The first-order valence-electron chi connectivity index (χ1n) is 6.49. The summed E-state index contributed by atoms with van der Waals surface area (Å²) in [5.41, 5.74) is 3.19. The van der Waals surface area contributed by atoms with Gasteiger partial charge in [-0.1, -0.05) is 45.8 Å². The summed E-state index contributed by atoms with van der Waals surface area (Å²) in [6, 6.07) is 0. The first-order valence-corrected chi connectivity index (χ1v) is 7.00. The largest absolute Gasteiger partial charge is 0.151 e. The minimum Gasteiger partial charge on any atom is -0.151 e. The Morgan fingerprint density at radius 1 is 1.24 bits per heavy atom. The molecule has 100 valence electrons. The number of thiol groups is 1. The molecule has 0 radical (unpaired) electrons. The molecule has 0 nitrogen and oxygen atoms in total. The van der Waals surface area contributed by atoms with Crippen molar-refractivity contribution in [3.63, 3.8) is 0 Å². The van der Waals surface area contributed by atoms with Gasteiger partial charge in [-0.05, 0) is 48.8 Å². The van der Waals surface area contributed by atoms with Crippen molar-refractivity contribution in [3.8, 4) is 0 Å². The molecule has 0 N–H and O–H groups in total. The average molecular weight is 254 g/mol. The summed E-state index contributed by atoms with van der Waals surface area (Å²) in [4.78, 5) is 0. The van der Waals surface area contributed by atoms with Gasteiger partial charge in [0.05, 0.1) is 0 Å². The van der Waals surface area contributed by atoms with Crippen LogP contribution in [0.3, 0.4) is 0 Å². The molecule has 1 unspecified atom stereocenters. The van der Waals surface area contributed by atoms with Gasteiger partial charge in [-0.15, -0.1) is 6.58 Å². The molecule has 1 heteroatoms. The third-order valence-corrected chi connectivity index (χ3v) is 5.01. The van der Waals surface area contributed by atoms with Crippen LogP contribution in [0.2, 0.25) is 0 Å². The summed E-state index contributed by atoms with van der Waals surface area (Å²) in [5.74, 6) is 0.639. The topological polar surface area (TPSA) is 0 Å². The van der Waals surface area contributed by atoms with Crippen molar-refractivity contribution in [2.24, 2.45) is 16.7 Å². The molecular weight excluding hydrogens is 224 g/mol. The van der Waals surface area contributed by atoms with Gasteiger partial charge in [-0.2, -0.15) is 12.6 Å². The molecule has 0 aromatic heterocycles. The Bertz CT molecular complexity index is 295. The predicted molar refractivity (Wildman–Crippen MR) is 83.5 cm³/mol. The second-order valence-electron chi connectivity index (χ2n) is 6.82. The van der Waals surface area contributed by atoms with Crippen LogP contribution in [0.15, 0.2) is 23.1 Å². The van der Waals surface area contributed by atoms with Crippen LogP contribution < -0.4 is 0 Å². The monoisotopic (exact) mass is 254 g/mol. The Balaban J connectivity index is 4.91. The molecule has 0 spiro atoms. The maximum atomic E-state index is 4.24. The van der Waals surface area contributed by atoms with E-state index in [1.165, 1.54) is 11.1 Å². The number of hydrogen-bond donors (Lipinski definition) is 1. The molecule has 0 amide bonds. The molecule has 0 fully saturated rings. The lowest BCUT2D eigenvalue weighted by molar-refractivity contribution is 0.0475. The highest BCUT2D eigenvalue weighted by Gasteiger charge is 2.40. The van der Waals surface area contributed by atoms with E-state index in [0.717, 1.165) is 12.8 Å². The zero-order chi connectivity index (χ0) is 13.9. The summed E-state index contributed by atoms with van der Waals surface area (Å²) in [6.45, 7) is 20.2. The Morgan fingerprint density at radius 3 is 2.06 bits per heavy atom. The highest BCUT2D eigenvalue weighted by atomic mass is 32.1. The van der Waals surface area contributed by atoms with Crippen LogP contribution in [0, 0.1) is 16.7 Å². The highest BCUT2D eigenvalue weighted by molar-refractivity contribution is 7.83. The predicted octanol–water partition coefficient (Wildman–Crippen LogP) is 5.86. The van der Waals surface area contributed by atoms with E-state index in [2.05, 4.69) is 67.7 Å². The summed E-state index contributed by atoms with van der Waals surface area (Å²) in [6.07, 6.45) is 2.21. The van der Waals surface area contributed by atoms with E-state index in [1.54, 1.807) is 0 Å². The van der Waals surface area contributed by atoms with Crippen LogP contribution in [0.5, 0.6) is 0 Å². The Kier molecular flexibility index (Phi) is 6.07. The zero-order valence-corrected chi connectivity index (χ0v) is 13.6. The fraction of sp³-hybridized carbons (Fsp3) is 0.750. The van der Waals surface area contributed by atoms with Gasteiger partial charge in [0.25, 0.3) is 0 Å². The fourth-order valence-corrected chi connectivity index (χ4v) is 2.55. The molecule has 0 bridgehead atoms. The van der Waals surface area contributed by atoms with Crippen LogP contribution >= 0.6 is 12.6 Å². The van der Waals surface area contributed by atoms with Crippen molar-refractivity contribution >= 4 is 12.6 Å². The first-order chi connectivity index (χ1) is 7.54. The highest BCUT2D eigenvalue weighted by Crippen LogP contribution is 2.49. The van der Waals surface area contributed by atoms with Gasteiger partial charge in [-0.25, -0.2) is 0 Å². The molecule has 17 heavy (non-hydrogen) atoms. The van der Waals surface area contributed by atoms with Crippen molar-refractivity contribution in [1.82, 2.24) is 0 Å². The zero-order valence-electron chi connectivity index (χ0n) is 12.7. The minimum atomic E-state index is 0.273. The van der Waals surface area contributed by atoms with Crippen molar-refractivity contribution in [3.05, 3.63) is 23.1 Å². The normalized spacial score (nSPS) is 15.9. The van der Waals surface area contributed by atoms with E-state index in [-0.39, 0.29) is 10.8 Å². The standard InChI is InChI=1S/C16H30S/c1-12(2)10-15(5,6)16(7,8)14(4)9-13(3)11-17/h11,14,17H,1,9-10H2,2-8H3/b13-11+. The molecule has 0 rings (SSSR count). The molecule has 0 heterocycles. The Morgan fingerprint density at radius 2 is 1.71 bits per heavy atom. The molecule has 0 saturated heterocycles. The van der Waals surface area contributed by atoms with E-state index in [0.29, 0.717) is 5.92 Å². The van der Waals surface area contributed by atoms with Crippen LogP contribution in [0.1, 0.15) is 61.3 Å². The molecule has 0 saturated carbocycles. The summed E-state index contributed by atoms with van der Waals surface area (Å²) >= 11 is 4.24. The quantitative estimate of drug-likeness (QED) is 0.445. The van der Waals surface area contributed by atoms with Crippen molar-refractivity contribution in [1.29, 1.82) is 0 Å². The van der Waals surface area contributed by atoms with Gasteiger partial charge in [0.1, 0.15) is 0 Å². The first kappa shape index (κ1) is 16.8. The van der Waals surface area contributed by atoms with Crippen LogP contribution in [-0.2, 0) is 0 Å². The number of rotatable bonds is 6. The van der Waals surface area contributed by atoms with Crippen LogP contribution in [0.25, 0.3) is 0 Å². The van der Waals surface area contributed by atoms with E-state index in [9.17, 15) is 0 Å². The maximum Gasteiger partial charge on any atom is -0.0263 e. The summed E-state index contributed by atoms with van der Waals surface area (Å²) < 4.78 is 0. The van der Waals surface area contributed by atoms with E-state index < -0.39 is 0 Å². The smallest absolute Gasteiger partial charge is 0.0263 e. The lowest BCUT2D eigenvalue weighted by atomic mass is 9.58. The van der Waals surface area contributed by atoms with Gasteiger partial charge in [0, 0.05) is 0 Å². The Labute approximate surface area is 114 Å². The average Bonchev–Trinajstić information content (AvgIpc) is 2.14. The SMILES string of the molecule is C=C(C)CC(C)(C)C(C)(C)C(C)C/C(C)=C/S. The van der Waals surface area contributed by atoms with Gasteiger partial charge in [0.15, 0.2) is 0 Å². The third-order valence-electron chi connectivity index (χ3n) is 4.57. The molecule has 0 aromatic rings. The molecule has 0 aliphatic carbocycles. The van der Waals surface area contributed by atoms with Gasteiger partial charge < -0.3 is 0 Å². The fourth-order valence-electron chi connectivity index (χ4n) is 2.44. The molecule has 0 aliphatic rings. The summed E-state index contributed by atoms with van der Waals surface area (Å²) in [7, 11) is 0. The second-order valence-corrected chi connectivity index (χ2v) is 7.08. The molecular formula is C16H30S. The van der Waals surface area contributed by atoms with Gasteiger partial charge in [0.2, 0.25) is 0 Å². The van der Waals surface area contributed by atoms with Crippen molar-refractivity contribution in [2.75, 3.05) is 0 Å². The van der Waals surface area contributed by atoms with E-state index in [1.807, 2.05) is 5.41 Å².